The van der Waals surface area contributed by atoms with E-state index in [2.05, 4.69) is 36.2 Å². The minimum atomic E-state index is -0.338. The lowest BCUT2D eigenvalue weighted by Crippen LogP contribution is -2.23. The van der Waals surface area contributed by atoms with Gasteiger partial charge >= 0.3 is 0 Å². The third-order valence-electron chi connectivity index (χ3n) is 4.79. The van der Waals surface area contributed by atoms with Crippen molar-refractivity contribution >= 4 is 17.3 Å². The average Bonchev–Trinajstić information content (AvgIpc) is 2.72. The standard InChI is InChI=1S/C24H26N2O/c1-3-26(4-2)22-17-15-21(16-18-22)25-24(27)23(19-11-7-5-8-12-19)20-13-9-6-10-14-20/h5-18,23H,3-4H2,1-2H3,(H,25,27). The molecular formula is C24H26N2O. The van der Waals surface area contributed by atoms with Gasteiger partial charge in [0, 0.05) is 24.5 Å². The highest BCUT2D eigenvalue weighted by atomic mass is 16.1. The van der Waals surface area contributed by atoms with E-state index in [-0.39, 0.29) is 11.8 Å². The molecule has 0 unspecified atom stereocenters. The van der Waals surface area contributed by atoms with Gasteiger partial charge in [0.1, 0.15) is 0 Å². The van der Waals surface area contributed by atoms with Gasteiger partial charge in [-0.05, 0) is 49.2 Å². The smallest absolute Gasteiger partial charge is 0.236 e. The first kappa shape index (κ1) is 18.7. The van der Waals surface area contributed by atoms with Crippen molar-refractivity contribution in [1.82, 2.24) is 0 Å². The van der Waals surface area contributed by atoms with E-state index in [1.165, 1.54) is 5.69 Å². The summed E-state index contributed by atoms with van der Waals surface area (Å²) in [7, 11) is 0. The third kappa shape index (κ3) is 4.56. The summed E-state index contributed by atoms with van der Waals surface area (Å²) in [5, 5.41) is 3.08. The molecule has 3 heteroatoms. The minimum absolute atomic E-state index is 0.0250. The van der Waals surface area contributed by atoms with Gasteiger partial charge in [0.2, 0.25) is 5.91 Å². The van der Waals surface area contributed by atoms with Crippen LogP contribution in [0.25, 0.3) is 0 Å². The van der Waals surface area contributed by atoms with E-state index in [0.717, 1.165) is 29.9 Å². The van der Waals surface area contributed by atoms with Gasteiger partial charge < -0.3 is 10.2 Å². The molecule has 0 saturated heterocycles. The fraction of sp³-hybridized carbons (Fsp3) is 0.208. The summed E-state index contributed by atoms with van der Waals surface area (Å²) in [5.41, 5.74) is 3.95. The number of hydrogen-bond donors (Lipinski definition) is 1. The minimum Gasteiger partial charge on any atom is -0.372 e. The molecule has 138 valence electrons. The molecule has 1 N–H and O–H groups in total. The van der Waals surface area contributed by atoms with Crippen LogP contribution in [0.5, 0.6) is 0 Å². The number of benzene rings is 3. The van der Waals surface area contributed by atoms with Gasteiger partial charge in [-0.15, -0.1) is 0 Å². The lowest BCUT2D eigenvalue weighted by molar-refractivity contribution is -0.116. The molecule has 1 amide bonds. The summed E-state index contributed by atoms with van der Waals surface area (Å²) in [6.07, 6.45) is 0. The van der Waals surface area contributed by atoms with Crippen molar-refractivity contribution in [1.29, 1.82) is 0 Å². The van der Waals surface area contributed by atoms with E-state index >= 15 is 0 Å². The summed E-state index contributed by atoms with van der Waals surface area (Å²) in [5.74, 6) is -0.363. The molecule has 0 aliphatic rings. The van der Waals surface area contributed by atoms with Gasteiger partial charge in [0.25, 0.3) is 0 Å². The number of nitrogens with zero attached hydrogens (tertiary/aromatic N) is 1. The van der Waals surface area contributed by atoms with Crippen molar-refractivity contribution in [3.63, 3.8) is 0 Å². The molecule has 0 aliphatic heterocycles. The van der Waals surface area contributed by atoms with Crippen molar-refractivity contribution < 1.29 is 4.79 Å². The summed E-state index contributed by atoms with van der Waals surface area (Å²) in [4.78, 5) is 15.4. The number of carbonyl (C=O) groups is 1. The van der Waals surface area contributed by atoms with Crippen LogP contribution in [-0.4, -0.2) is 19.0 Å². The zero-order chi connectivity index (χ0) is 19.1. The molecule has 3 nitrogen and oxygen atoms in total. The Bertz CT molecular complexity index is 801. The molecule has 3 aromatic carbocycles. The number of hydrogen-bond acceptors (Lipinski definition) is 2. The number of anilines is 2. The van der Waals surface area contributed by atoms with Gasteiger partial charge in [0.05, 0.1) is 5.92 Å². The first-order valence-electron chi connectivity index (χ1n) is 9.48. The summed E-state index contributed by atoms with van der Waals surface area (Å²) < 4.78 is 0. The predicted octanol–water partition coefficient (Wildman–Crippen LogP) is 5.30. The van der Waals surface area contributed by atoms with E-state index in [4.69, 9.17) is 0 Å². The van der Waals surface area contributed by atoms with Crippen LogP contribution in [0.1, 0.15) is 30.9 Å². The second kappa shape index (κ2) is 9.04. The maximum atomic E-state index is 13.1. The lowest BCUT2D eigenvalue weighted by atomic mass is 9.90. The van der Waals surface area contributed by atoms with Crippen LogP contribution >= 0.6 is 0 Å². The molecule has 27 heavy (non-hydrogen) atoms. The molecule has 0 bridgehead atoms. The van der Waals surface area contributed by atoms with Crippen LogP contribution in [0.15, 0.2) is 84.9 Å². The fourth-order valence-electron chi connectivity index (χ4n) is 3.34. The lowest BCUT2D eigenvalue weighted by Gasteiger charge is -2.22. The Morgan fingerprint density at radius 3 is 1.70 bits per heavy atom. The topological polar surface area (TPSA) is 32.3 Å². The Labute approximate surface area is 161 Å². The van der Waals surface area contributed by atoms with Gasteiger partial charge in [-0.3, -0.25) is 4.79 Å². The Balaban J connectivity index is 1.83. The number of rotatable bonds is 7. The molecule has 0 heterocycles. The number of amides is 1. The third-order valence-corrected chi connectivity index (χ3v) is 4.79. The van der Waals surface area contributed by atoms with Crippen molar-refractivity contribution in [3.8, 4) is 0 Å². The molecule has 0 aliphatic carbocycles. The zero-order valence-corrected chi connectivity index (χ0v) is 15.9. The van der Waals surface area contributed by atoms with E-state index in [1.807, 2.05) is 72.8 Å². The highest BCUT2D eigenvalue weighted by Gasteiger charge is 2.22. The Kier molecular flexibility index (Phi) is 6.26. The second-order valence-corrected chi connectivity index (χ2v) is 6.46. The molecule has 3 aromatic rings. The maximum absolute atomic E-state index is 13.1. The first-order valence-corrected chi connectivity index (χ1v) is 9.48. The van der Waals surface area contributed by atoms with Gasteiger partial charge in [0.15, 0.2) is 0 Å². The summed E-state index contributed by atoms with van der Waals surface area (Å²) in [6.45, 7) is 6.21. The molecule has 0 saturated carbocycles. The van der Waals surface area contributed by atoms with Crippen molar-refractivity contribution in [2.45, 2.75) is 19.8 Å². The molecule has 0 atom stereocenters. The molecule has 0 fully saturated rings. The number of carbonyl (C=O) groups excluding carboxylic acids is 1. The fourth-order valence-corrected chi connectivity index (χ4v) is 3.34. The monoisotopic (exact) mass is 358 g/mol. The maximum Gasteiger partial charge on any atom is 0.236 e. The SMILES string of the molecule is CCN(CC)c1ccc(NC(=O)C(c2ccccc2)c2ccccc2)cc1. The molecule has 0 aromatic heterocycles. The Morgan fingerprint density at radius 2 is 1.26 bits per heavy atom. The van der Waals surface area contributed by atoms with E-state index < -0.39 is 0 Å². The van der Waals surface area contributed by atoms with Crippen LogP contribution in [0.3, 0.4) is 0 Å². The summed E-state index contributed by atoms with van der Waals surface area (Å²) >= 11 is 0. The Hall–Kier alpha value is -3.07. The van der Waals surface area contributed by atoms with Crippen molar-refractivity contribution in [2.75, 3.05) is 23.3 Å². The highest BCUT2D eigenvalue weighted by Crippen LogP contribution is 2.27. The van der Waals surface area contributed by atoms with Crippen LogP contribution < -0.4 is 10.2 Å². The predicted molar refractivity (Wildman–Crippen MR) is 113 cm³/mol. The van der Waals surface area contributed by atoms with E-state index in [0.29, 0.717) is 0 Å². The quantitative estimate of drug-likeness (QED) is 0.621. The van der Waals surface area contributed by atoms with Gasteiger partial charge in [-0.25, -0.2) is 0 Å². The van der Waals surface area contributed by atoms with Crippen molar-refractivity contribution in [2.24, 2.45) is 0 Å². The van der Waals surface area contributed by atoms with E-state index in [1.54, 1.807) is 0 Å². The molecular weight excluding hydrogens is 332 g/mol. The molecule has 0 spiro atoms. The second-order valence-electron chi connectivity index (χ2n) is 6.46. The molecule has 3 rings (SSSR count). The van der Waals surface area contributed by atoms with E-state index in [9.17, 15) is 4.79 Å². The van der Waals surface area contributed by atoms with Crippen molar-refractivity contribution in [3.05, 3.63) is 96.1 Å². The highest BCUT2D eigenvalue weighted by molar-refractivity contribution is 5.98. The first-order chi connectivity index (χ1) is 13.2. The summed E-state index contributed by atoms with van der Waals surface area (Å²) in [6, 6.07) is 27.9. The van der Waals surface area contributed by atoms with Crippen LogP contribution in [0.2, 0.25) is 0 Å². The average molecular weight is 358 g/mol. The number of nitrogens with one attached hydrogen (secondary N) is 1. The molecule has 0 radical (unpaired) electrons. The van der Waals surface area contributed by atoms with Crippen LogP contribution in [0, 0.1) is 0 Å². The van der Waals surface area contributed by atoms with Crippen LogP contribution in [0.4, 0.5) is 11.4 Å². The zero-order valence-electron chi connectivity index (χ0n) is 15.9. The largest absolute Gasteiger partial charge is 0.372 e. The van der Waals surface area contributed by atoms with Crippen LogP contribution in [-0.2, 0) is 4.79 Å². The normalized spacial score (nSPS) is 10.6. The van der Waals surface area contributed by atoms with Gasteiger partial charge in [-0.1, -0.05) is 60.7 Å². The van der Waals surface area contributed by atoms with Gasteiger partial charge in [-0.2, -0.15) is 0 Å². The Morgan fingerprint density at radius 1 is 0.778 bits per heavy atom.